The van der Waals surface area contributed by atoms with E-state index in [1.807, 2.05) is 0 Å². The Morgan fingerprint density at radius 3 is 1.13 bits per heavy atom. The Bertz CT molecular complexity index is 1120. The number of hydrogen-bond acceptors (Lipinski definition) is 18. The SMILES string of the molecule is CC=CC(=O)OCC(O)COC[C@H](OCC(O)COC(=O)C=CC)[C@@H](OCC(O)COC(=O)C=CC)[C@H](OCC(O)COC(=O)C=CC)[C@H](O)CO. The molecular weight excluding hydrogens is 696 g/mol. The molecule has 0 amide bonds. The average Bonchev–Trinajstić information content (AvgIpc) is 3.11. The van der Waals surface area contributed by atoms with Gasteiger partial charge in [0, 0.05) is 24.3 Å². The van der Waals surface area contributed by atoms with Gasteiger partial charge in [-0.25, -0.2) is 19.2 Å². The summed E-state index contributed by atoms with van der Waals surface area (Å²) in [7, 11) is 0. The lowest BCUT2D eigenvalue weighted by atomic mass is 10.0. The van der Waals surface area contributed by atoms with E-state index in [-0.39, 0.29) is 0 Å². The zero-order valence-corrected chi connectivity index (χ0v) is 29.9. The number of aliphatic hydroxyl groups is 6. The maximum absolute atomic E-state index is 11.7. The molecule has 0 rings (SSSR count). The number of carbonyl (C=O) groups is 4. The molecule has 0 saturated heterocycles. The van der Waals surface area contributed by atoms with Gasteiger partial charge in [-0.3, -0.25) is 0 Å². The zero-order valence-electron chi connectivity index (χ0n) is 29.9. The molecule has 0 heterocycles. The molecule has 0 aliphatic carbocycles. The Labute approximate surface area is 302 Å². The largest absolute Gasteiger partial charge is 0.460 e. The first kappa shape index (κ1) is 48.4. The van der Waals surface area contributed by atoms with Crippen molar-refractivity contribution in [1.82, 2.24) is 0 Å². The van der Waals surface area contributed by atoms with Crippen LogP contribution in [-0.2, 0) is 57.1 Å². The van der Waals surface area contributed by atoms with Crippen LogP contribution in [-0.4, -0.2) is 169 Å². The van der Waals surface area contributed by atoms with E-state index in [1.165, 1.54) is 24.3 Å². The molecule has 52 heavy (non-hydrogen) atoms. The molecule has 0 radical (unpaired) electrons. The molecule has 298 valence electrons. The van der Waals surface area contributed by atoms with Gasteiger partial charge in [-0.15, -0.1) is 0 Å². The molecule has 4 unspecified atom stereocenters. The van der Waals surface area contributed by atoms with Crippen LogP contribution in [0.5, 0.6) is 0 Å². The number of allylic oxidation sites excluding steroid dienone is 4. The zero-order chi connectivity index (χ0) is 39.3. The van der Waals surface area contributed by atoms with Crippen LogP contribution >= 0.6 is 0 Å². The first-order valence-corrected chi connectivity index (χ1v) is 16.4. The topological polar surface area (TPSA) is 263 Å². The maximum atomic E-state index is 11.7. The van der Waals surface area contributed by atoms with Crippen LogP contribution < -0.4 is 0 Å². The normalized spacial score (nSPS) is 16.7. The Balaban J connectivity index is 6.27. The Morgan fingerprint density at radius 1 is 0.462 bits per heavy atom. The number of esters is 4. The molecular formula is C34H54O18. The highest BCUT2D eigenvalue weighted by atomic mass is 16.6. The smallest absolute Gasteiger partial charge is 0.330 e. The summed E-state index contributed by atoms with van der Waals surface area (Å²) in [5.74, 6) is -2.91. The fourth-order valence-electron chi connectivity index (χ4n) is 3.82. The van der Waals surface area contributed by atoms with Crippen molar-refractivity contribution in [2.75, 3.05) is 66.1 Å². The minimum absolute atomic E-state index is 0.424. The van der Waals surface area contributed by atoms with Crippen molar-refractivity contribution in [1.29, 1.82) is 0 Å². The first-order chi connectivity index (χ1) is 24.8. The van der Waals surface area contributed by atoms with Gasteiger partial charge in [-0.05, 0) is 27.7 Å². The number of ether oxygens (including phenoxy) is 8. The lowest BCUT2D eigenvalue weighted by molar-refractivity contribution is -0.206. The van der Waals surface area contributed by atoms with Crippen molar-refractivity contribution < 1.29 is 87.7 Å². The Kier molecular flexibility index (Phi) is 27.9. The Hall–Kier alpha value is -3.56. The summed E-state index contributed by atoms with van der Waals surface area (Å²) in [6, 6.07) is 0. The molecule has 0 aromatic carbocycles. The minimum atomic E-state index is -1.73. The van der Waals surface area contributed by atoms with Gasteiger partial charge in [0.25, 0.3) is 0 Å². The summed E-state index contributed by atoms with van der Waals surface area (Å²) < 4.78 is 42.7. The highest BCUT2D eigenvalue weighted by molar-refractivity contribution is 5.82. The van der Waals surface area contributed by atoms with E-state index >= 15 is 0 Å². The van der Waals surface area contributed by atoms with Crippen LogP contribution in [0.2, 0.25) is 0 Å². The summed E-state index contributed by atoms with van der Waals surface area (Å²) in [5.41, 5.74) is 0. The number of aliphatic hydroxyl groups excluding tert-OH is 6. The van der Waals surface area contributed by atoms with Crippen LogP contribution in [0.15, 0.2) is 48.6 Å². The van der Waals surface area contributed by atoms with E-state index < -0.39 is 139 Å². The third-order valence-corrected chi connectivity index (χ3v) is 6.20. The Morgan fingerprint density at radius 2 is 0.788 bits per heavy atom. The number of rotatable bonds is 29. The highest BCUT2D eigenvalue weighted by Crippen LogP contribution is 2.19. The third kappa shape index (κ3) is 23.8. The molecule has 0 fully saturated rings. The van der Waals surface area contributed by atoms with Crippen LogP contribution in [0.3, 0.4) is 0 Å². The highest BCUT2D eigenvalue weighted by Gasteiger charge is 2.38. The second-order valence-electron chi connectivity index (χ2n) is 10.9. The molecule has 0 aromatic rings. The maximum Gasteiger partial charge on any atom is 0.330 e. The van der Waals surface area contributed by atoms with Crippen molar-refractivity contribution in [3.05, 3.63) is 48.6 Å². The van der Waals surface area contributed by atoms with E-state index in [0.717, 1.165) is 24.3 Å². The van der Waals surface area contributed by atoms with Crippen molar-refractivity contribution in [2.45, 2.75) is 76.5 Å². The summed E-state index contributed by atoms with van der Waals surface area (Å²) in [6.07, 6.45) is -1.51. The molecule has 18 heteroatoms. The fraction of sp³-hybridized carbons (Fsp3) is 0.647. The van der Waals surface area contributed by atoms with Gasteiger partial charge < -0.3 is 68.5 Å². The molecule has 0 aliphatic heterocycles. The van der Waals surface area contributed by atoms with Gasteiger partial charge >= 0.3 is 23.9 Å². The third-order valence-electron chi connectivity index (χ3n) is 6.20. The van der Waals surface area contributed by atoms with Crippen molar-refractivity contribution in [3.8, 4) is 0 Å². The van der Waals surface area contributed by atoms with Gasteiger partial charge in [0.15, 0.2) is 0 Å². The van der Waals surface area contributed by atoms with Crippen molar-refractivity contribution in [3.63, 3.8) is 0 Å². The van der Waals surface area contributed by atoms with E-state index in [9.17, 15) is 49.8 Å². The van der Waals surface area contributed by atoms with Crippen LogP contribution in [0, 0.1) is 0 Å². The standard InChI is InChI=1S/C34H54O18/c1-5-9-29(41)47-16-23(36)14-45-22-28(46-15-24(37)17-48-30(42)10-6-2)34(52-21-26(39)19-50-32(44)12-8-4)33(27(40)13-35)51-20-25(38)18-49-31(43)11-7-3/h5-12,23-28,33-40H,13-22H2,1-4H3/t23?,24?,25?,26?,27-,28+,33-,34-/m1/s1. The van der Waals surface area contributed by atoms with Gasteiger partial charge in [0.05, 0.1) is 39.6 Å². The van der Waals surface area contributed by atoms with E-state index in [0.29, 0.717) is 0 Å². The van der Waals surface area contributed by atoms with Crippen molar-refractivity contribution >= 4 is 23.9 Å². The van der Waals surface area contributed by atoms with Gasteiger partial charge in [0.1, 0.15) is 75.3 Å². The predicted octanol–water partition coefficient (Wildman–Crippen LogP) is -1.57. The molecule has 0 aliphatic rings. The van der Waals surface area contributed by atoms with Crippen LogP contribution in [0.1, 0.15) is 27.7 Å². The van der Waals surface area contributed by atoms with Crippen LogP contribution in [0.25, 0.3) is 0 Å². The molecule has 0 bridgehead atoms. The molecule has 18 nitrogen and oxygen atoms in total. The van der Waals surface area contributed by atoms with E-state index in [2.05, 4.69) is 0 Å². The molecule has 0 saturated carbocycles. The quantitative estimate of drug-likeness (QED) is 0.0287. The van der Waals surface area contributed by atoms with Gasteiger partial charge in [-0.1, -0.05) is 24.3 Å². The number of hydrogen-bond donors (Lipinski definition) is 6. The summed E-state index contributed by atoms with van der Waals surface area (Å²) in [6.45, 7) is 0.896. The van der Waals surface area contributed by atoms with Crippen molar-refractivity contribution in [2.24, 2.45) is 0 Å². The molecule has 8 atom stereocenters. The molecule has 0 aromatic heterocycles. The lowest BCUT2D eigenvalue weighted by Crippen LogP contribution is -2.53. The van der Waals surface area contributed by atoms with E-state index in [1.54, 1.807) is 27.7 Å². The predicted molar refractivity (Wildman–Crippen MR) is 180 cm³/mol. The first-order valence-electron chi connectivity index (χ1n) is 16.4. The molecule has 6 N–H and O–H groups in total. The number of carbonyl (C=O) groups excluding carboxylic acids is 4. The average molecular weight is 751 g/mol. The summed E-state index contributed by atoms with van der Waals surface area (Å²) in [5, 5.41) is 62.4. The van der Waals surface area contributed by atoms with Crippen LogP contribution in [0.4, 0.5) is 0 Å². The summed E-state index contributed by atoms with van der Waals surface area (Å²) in [4.78, 5) is 46.7. The minimum Gasteiger partial charge on any atom is -0.460 e. The van der Waals surface area contributed by atoms with E-state index in [4.69, 9.17) is 37.9 Å². The summed E-state index contributed by atoms with van der Waals surface area (Å²) >= 11 is 0. The fourth-order valence-corrected chi connectivity index (χ4v) is 3.82. The second-order valence-corrected chi connectivity index (χ2v) is 10.9. The monoisotopic (exact) mass is 750 g/mol. The molecule has 0 spiro atoms. The second kappa shape index (κ2) is 30.0. The lowest BCUT2D eigenvalue weighted by Gasteiger charge is -2.36. The van der Waals surface area contributed by atoms with Gasteiger partial charge in [0.2, 0.25) is 0 Å². The van der Waals surface area contributed by atoms with Gasteiger partial charge in [-0.2, -0.15) is 0 Å².